The highest BCUT2D eigenvalue weighted by Gasteiger charge is 2.30. The van der Waals surface area contributed by atoms with Gasteiger partial charge in [0.05, 0.1) is 10.6 Å². The Morgan fingerprint density at radius 2 is 1.91 bits per heavy atom. The summed E-state index contributed by atoms with van der Waals surface area (Å²) in [4.78, 5) is 10.3. The Labute approximate surface area is 195 Å². The molecule has 5 nitrogen and oxygen atoms in total. The highest BCUT2D eigenvalue weighted by molar-refractivity contribution is 7.15. The van der Waals surface area contributed by atoms with Gasteiger partial charge >= 0.3 is 0 Å². The second-order valence-corrected chi connectivity index (χ2v) is 9.01. The quantitative estimate of drug-likeness (QED) is 0.363. The lowest BCUT2D eigenvalue weighted by molar-refractivity contribution is 0.641. The first-order valence-corrected chi connectivity index (χ1v) is 11.6. The molecule has 7 heteroatoms. The fourth-order valence-electron chi connectivity index (χ4n) is 3.84. The van der Waals surface area contributed by atoms with Gasteiger partial charge in [-0.25, -0.2) is 0 Å². The number of pyridine rings is 1. The molecule has 0 saturated carbocycles. The van der Waals surface area contributed by atoms with Crippen LogP contribution in [0, 0.1) is 25.7 Å². The third kappa shape index (κ3) is 3.54. The van der Waals surface area contributed by atoms with E-state index in [-0.39, 0.29) is 6.04 Å². The van der Waals surface area contributed by atoms with E-state index in [2.05, 4.69) is 45.4 Å². The summed E-state index contributed by atoms with van der Waals surface area (Å²) in [6.07, 6.45) is 4.35. The number of hydrogen-bond acceptors (Lipinski definition) is 5. The Morgan fingerprint density at radius 1 is 1.09 bits per heavy atom. The number of aliphatic imine (C=N–C) groups is 1. The molecule has 0 amide bonds. The summed E-state index contributed by atoms with van der Waals surface area (Å²) >= 11 is 7.82. The monoisotopic (exact) mass is 457 g/mol. The van der Waals surface area contributed by atoms with Gasteiger partial charge in [-0.05, 0) is 50.1 Å². The second-order valence-electron chi connectivity index (χ2n) is 7.58. The number of fused-ring (bicyclic) bond motifs is 3. The van der Waals surface area contributed by atoms with Gasteiger partial charge in [0.25, 0.3) is 0 Å². The van der Waals surface area contributed by atoms with Gasteiger partial charge in [-0.1, -0.05) is 42.5 Å². The molecule has 0 spiro atoms. The molecule has 1 aromatic carbocycles. The highest BCUT2D eigenvalue weighted by atomic mass is 35.5. The van der Waals surface area contributed by atoms with E-state index in [0.29, 0.717) is 5.02 Å². The largest absolute Gasteiger partial charge is 0.273 e. The molecule has 1 aliphatic rings. The van der Waals surface area contributed by atoms with Crippen molar-refractivity contribution in [2.45, 2.75) is 33.2 Å². The number of aromatic nitrogens is 4. The molecule has 0 aliphatic carbocycles. The Balaban J connectivity index is 1.75. The molecule has 5 rings (SSSR count). The molecule has 32 heavy (non-hydrogen) atoms. The fourth-order valence-corrected chi connectivity index (χ4v) is 5.19. The Morgan fingerprint density at radius 3 is 2.62 bits per heavy atom. The molecule has 3 aromatic heterocycles. The van der Waals surface area contributed by atoms with E-state index in [9.17, 15) is 0 Å². The van der Waals surface area contributed by atoms with E-state index in [4.69, 9.17) is 16.6 Å². The molecule has 1 atom stereocenters. The van der Waals surface area contributed by atoms with E-state index < -0.39 is 0 Å². The van der Waals surface area contributed by atoms with Crippen molar-refractivity contribution in [2.75, 3.05) is 0 Å². The smallest absolute Gasteiger partial charge is 0.163 e. The summed E-state index contributed by atoms with van der Waals surface area (Å²) in [5, 5.41) is 10.6. The molecule has 0 unspecified atom stereocenters. The van der Waals surface area contributed by atoms with Crippen LogP contribution < -0.4 is 0 Å². The van der Waals surface area contributed by atoms with Gasteiger partial charge in [-0.3, -0.25) is 14.5 Å². The van der Waals surface area contributed by atoms with Gasteiger partial charge in [-0.2, -0.15) is 0 Å². The predicted molar refractivity (Wildman–Crippen MR) is 129 cm³/mol. The van der Waals surface area contributed by atoms with Crippen LogP contribution in [0.15, 0.2) is 53.8 Å². The van der Waals surface area contributed by atoms with Crippen molar-refractivity contribution in [1.29, 1.82) is 0 Å². The van der Waals surface area contributed by atoms with Gasteiger partial charge in [0.2, 0.25) is 0 Å². The highest BCUT2D eigenvalue weighted by Crippen LogP contribution is 2.39. The molecule has 158 valence electrons. The number of thiophene rings is 1. The molecule has 1 aliphatic heterocycles. The third-order valence-electron chi connectivity index (χ3n) is 5.49. The van der Waals surface area contributed by atoms with E-state index in [1.165, 1.54) is 0 Å². The molecule has 0 bridgehead atoms. The summed E-state index contributed by atoms with van der Waals surface area (Å²) in [7, 11) is 0. The third-order valence-corrected chi connectivity index (χ3v) is 6.93. The standard InChI is InChI=1S/C25H20ClN5S/c1-4-20-24-30-29-16(3)31(24)25-22(23(28-20)18-8-10-19(26)11-9-18)15(2)21(32-25)12-7-17-6-5-13-27-14-17/h5-6,8-11,13-14,20H,4H2,1-3H3/t20-/m0/s1. The summed E-state index contributed by atoms with van der Waals surface area (Å²) in [6, 6.07) is 11.6. The first-order valence-electron chi connectivity index (χ1n) is 10.4. The first-order chi connectivity index (χ1) is 15.6. The zero-order chi connectivity index (χ0) is 22.2. The molecule has 0 N–H and O–H groups in total. The van der Waals surface area contributed by atoms with E-state index in [1.807, 2.05) is 43.3 Å². The maximum atomic E-state index is 6.17. The lowest BCUT2D eigenvalue weighted by Gasteiger charge is -2.10. The molecule has 4 heterocycles. The van der Waals surface area contributed by atoms with Crippen molar-refractivity contribution in [3.63, 3.8) is 0 Å². The second kappa shape index (κ2) is 8.34. The van der Waals surface area contributed by atoms with Gasteiger partial charge < -0.3 is 0 Å². The summed E-state index contributed by atoms with van der Waals surface area (Å²) < 4.78 is 2.14. The van der Waals surface area contributed by atoms with Crippen LogP contribution >= 0.6 is 22.9 Å². The number of nitrogens with zero attached hydrogens (tertiary/aromatic N) is 5. The van der Waals surface area contributed by atoms with Crippen LogP contribution in [0.25, 0.3) is 5.00 Å². The van der Waals surface area contributed by atoms with E-state index in [0.717, 1.165) is 55.9 Å². The van der Waals surface area contributed by atoms with Crippen LogP contribution in [0.4, 0.5) is 0 Å². The van der Waals surface area contributed by atoms with Crippen LogP contribution in [0.1, 0.15) is 58.2 Å². The normalized spacial score (nSPS) is 14.6. The lowest BCUT2D eigenvalue weighted by Crippen LogP contribution is -2.07. The van der Waals surface area contributed by atoms with Crippen molar-refractivity contribution < 1.29 is 0 Å². The number of aryl methyl sites for hydroxylation is 1. The zero-order valence-electron chi connectivity index (χ0n) is 17.9. The van der Waals surface area contributed by atoms with Gasteiger partial charge in [-0.15, -0.1) is 21.5 Å². The number of halogens is 1. The molecule has 0 radical (unpaired) electrons. The van der Waals surface area contributed by atoms with Crippen LogP contribution in [0.3, 0.4) is 0 Å². The SMILES string of the molecule is CC[C@@H]1N=C(c2ccc(Cl)cc2)c2c(sc(C#Cc3cccnc3)c2C)-n2c(C)nnc21. The average molecular weight is 458 g/mol. The van der Waals surface area contributed by atoms with Crippen molar-refractivity contribution in [1.82, 2.24) is 19.7 Å². The minimum absolute atomic E-state index is 0.0780. The van der Waals surface area contributed by atoms with Gasteiger partial charge in [0.15, 0.2) is 5.82 Å². The van der Waals surface area contributed by atoms with Crippen LogP contribution in [0.5, 0.6) is 0 Å². The predicted octanol–water partition coefficient (Wildman–Crippen LogP) is 5.70. The van der Waals surface area contributed by atoms with Gasteiger partial charge in [0, 0.05) is 34.1 Å². The summed E-state index contributed by atoms with van der Waals surface area (Å²) in [5.41, 5.74) is 5.03. The van der Waals surface area contributed by atoms with E-state index >= 15 is 0 Å². The Kier molecular flexibility index (Phi) is 5.38. The average Bonchev–Trinajstić information content (AvgIpc) is 3.29. The minimum Gasteiger partial charge on any atom is -0.273 e. The maximum Gasteiger partial charge on any atom is 0.163 e. The number of benzene rings is 1. The number of hydrogen-bond donors (Lipinski definition) is 0. The van der Waals surface area contributed by atoms with Crippen LogP contribution in [-0.4, -0.2) is 25.5 Å². The first kappa shape index (κ1) is 20.6. The van der Waals surface area contributed by atoms with E-state index in [1.54, 1.807) is 23.7 Å². The molecule has 0 fully saturated rings. The van der Waals surface area contributed by atoms with Crippen molar-refractivity contribution >= 4 is 28.6 Å². The molecule has 4 aromatic rings. The Bertz CT molecular complexity index is 1390. The van der Waals surface area contributed by atoms with Crippen LogP contribution in [-0.2, 0) is 0 Å². The maximum absolute atomic E-state index is 6.17. The van der Waals surface area contributed by atoms with Crippen LogP contribution in [0.2, 0.25) is 5.02 Å². The lowest BCUT2D eigenvalue weighted by atomic mass is 9.99. The van der Waals surface area contributed by atoms with Crippen molar-refractivity contribution in [3.8, 4) is 16.8 Å². The topological polar surface area (TPSA) is 56.0 Å². The molecular weight excluding hydrogens is 438 g/mol. The number of rotatable bonds is 2. The molecule has 0 saturated heterocycles. The van der Waals surface area contributed by atoms with Gasteiger partial charge in [0.1, 0.15) is 16.9 Å². The minimum atomic E-state index is -0.0780. The Hall–Kier alpha value is -3.27. The fraction of sp³-hybridized carbons (Fsp3) is 0.200. The zero-order valence-corrected chi connectivity index (χ0v) is 19.5. The summed E-state index contributed by atoms with van der Waals surface area (Å²) in [5.74, 6) is 8.31. The van der Waals surface area contributed by atoms with Crippen molar-refractivity contribution in [3.05, 3.63) is 92.6 Å². The molecular formula is C25H20ClN5S. The van der Waals surface area contributed by atoms with Crippen molar-refractivity contribution in [2.24, 2.45) is 4.99 Å². The summed E-state index contributed by atoms with van der Waals surface area (Å²) in [6.45, 7) is 6.22.